The molecule has 102 valence electrons. The fourth-order valence-corrected chi connectivity index (χ4v) is 3.05. The number of nitrogens with zero attached hydrogens (tertiary/aromatic N) is 3. The van der Waals surface area contributed by atoms with E-state index < -0.39 is 0 Å². The first kappa shape index (κ1) is 12.8. The smallest absolute Gasteiger partial charge is 0.257 e. The summed E-state index contributed by atoms with van der Waals surface area (Å²) in [7, 11) is 2.04. The van der Waals surface area contributed by atoms with E-state index in [2.05, 4.69) is 15.1 Å². The third-order valence-corrected chi connectivity index (χ3v) is 4.24. The third-order valence-electron chi connectivity index (χ3n) is 3.38. The van der Waals surface area contributed by atoms with E-state index in [4.69, 9.17) is 4.42 Å². The van der Waals surface area contributed by atoms with E-state index >= 15 is 0 Å². The van der Waals surface area contributed by atoms with Crippen LogP contribution in [0.15, 0.2) is 21.9 Å². The molecule has 0 atom stereocenters. The second-order valence-corrected chi connectivity index (χ2v) is 6.11. The maximum Gasteiger partial charge on any atom is 0.257 e. The second kappa shape index (κ2) is 5.40. The molecule has 0 amide bonds. The first-order valence-electron chi connectivity index (χ1n) is 6.43. The molecule has 1 aliphatic rings. The van der Waals surface area contributed by atoms with Gasteiger partial charge >= 0.3 is 0 Å². The van der Waals surface area contributed by atoms with Gasteiger partial charge in [0.2, 0.25) is 5.89 Å². The Balaban J connectivity index is 1.55. The molecule has 5 nitrogen and oxygen atoms in total. The number of aliphatic hydroxyl groups excluding tert-OH is 1. The predicted molar refractivity (Wildman–Crippen MR) is 72.7 cm³/mol. The summed E-state index contributed by atoms with van der Waals surface area (Å²) in [5.74, 6) is 1.84. The molecule has 2 aromatic heterocycles. The van der Waals surface area contributed by atoms with Gasteiger partial charge in [-0.1, -0.05) is 6.07 Å². The monoisotopic (exact) mass is 279 g/mol. The van der Waals surface area contributed by atoms with E-state index in [1.54, 1.807) is 11.3 Å². The van der Waals surface area contributed by atoms with Crippen LogP contribution in [0.2, 0.25) is 0 Å². The summed E-state index contributed by atoms with van der Waals surface area (Å²) in [6.45, 7) is 1.62. The summed E-state index contributed by atoms with van der Waals surface area (Å²) in [6.07, 6.45) is 1.73. The van der Waals surface area contributed by atoms with Gasteiger partial charge in [0.1, 0.15) is 0 Å². The fourth-order valence-electron chi connectivity index (χ4n) is 2.40. The Hall–Kier alpha value is -1.24. The van der Waals surface area contributed by atoms with E-state index in [1.165, 1.54) is 0 Å². The third kappa shape index (κ3) is 3.02. The van der Waals surface area contributed by atoms with Gasteiger partial charge in [-0.15, -0.1) is 21.5 Å². The molecule has 1 fully saturated rings. The quantitative estimate of drug-likeness (QED) is 0.907. The normalized spacial score (nSPS) is 22.7. The number of aromatic nitrogens is 2. The summed E-state index contributed by atoms with van der Waals surface area (Å²) >= 11 is 1.59. The van der Waals surface area contributed by atoms with E-state index in [0.717, 1.165) is 24.3 Å². The van der Waals surface area contributed by atoms with E-state index in [-0.39, 0.29) is 6.10 Å². The molecule has 19 heavy (non-hydrogen) atoms. The number of rotatable bonds is 5. The first-order chi connectivity index (χ1) is 9.20. The molecule has 0 spiro atoms. The minimum Gasteiger partial charge on any atom is -0.419 e. The van der Waals surface area contributed by atoms with Gasteiger partial charge in [-0.2, -0.15) is 0 Å². The van der Waals surface area contributed by atoms with Crippen molar-refractivity contribution < 1.29 is 9.52 Å². The van der Waals surface area contributed by atoms with Gasteiger partial charge in [0, 0.05) is 6.54 Å². The molecule has 0 saturated heterocycles. The van der Waals surface area contributed by atoms with Gasteiger partial charge in [0.15, 0.2) is 0 Å². The SMILES string of the molecule is CN(Cc1nnc(-c2cccs2)o1)CC1CC(O)C1. The first-order valence-corrected chi connectivity index (χ1v) is 7.31. The molecule has 2 heterocycles. The van der Waals surface area contributed by atoms with Crippen molar-refractivity contribution in [2.75, 3.05) is 13.6 Å². The standard InChI is InChI=1S/C13H17N3O2S/c1-16(7-9-5-10(17)6-9)8-12-14-15-13(18-12)11-3-2-4-19-11/h2-4,9-10,17H,5-8H2,1H3. The van der Waals surface area contributed by atoms with Crippen molar-refractivity contribution in [1.82, 2.24) is 15.1 Å². The summed E-state index contributed by atoms with van der Waals surface area (Å²) in [4.78, 5) is 3.17. The Labute approximate surface area is 115 Å². The lowest BCUT2D eigenvalue weighted by Gasteiger charge is -2.34. The molecule has 0 radical (unpaired) electrons. The van der Waals surface area contributed by atoms with Gasteiger partial charge in [-0.05, 0) is 37.3 Å². The number of aliphatic hydroxyl groups is 1. The van der Waals surface area contributed by atoms with Crippen LogP contribution < -0.4 is 0 Å². The highest BCUT2D eigenvalue weighted by Gasteiger charge is 2.28. The van der Waals surface area contributed by atoms with E-state index in [0.29, 0.717) is 24.2 Å². The van der Waals surface area contributed by atoms with Crippen LogP contribution in [-0.4, -0.2) is 39.9 Å². The van der Waals surface area contributed by atoms with Crippen LogP contribution in [0.3, 0.4) is 0 Å². The van der Waals surface area contributed by atoms with Crippen LogP contribution in [0.1, 0.15) is 18.7 Å². The topological polar surface area (TPSA) is 62.4 Å². The molecule has 0 unspecified atom stereocenters. The van der Waals surface area contributed by atoms with Crippen LogP contribution in [0.5, 0.6) is 0 Å². The molecular weight excluding hydrogens is 262 g/mol. The zero-order valence-electron chi connectivity index (χ0n) is 10.8. The number of hydrogen-bond acceptors (Lipinski definition) is 6. The van der Waals surface area contributed by atoms with Crippen molar-refractivity contribution >= 4 is 11.3 Å². The summed E-state index contributed by atoms with van der Waals surface area (Å²) in [5, 5.41) is 19.4. The zero-order valence-corrected chi connectivity index (χ0v) is 11.6. The Morgan fingerprint density at radius 2 is 2.32 bits per heavy atom. The molecule has 6 heteroatoms. The molecule has 0 aromatic carbocycles. The number of hydrogen-bond donors (Lipinski definition) is 1. The lowest BCUT2D eigenvalue weighted by Crippen LogP contribution is -2.36. The van der Waals surface area contributed by atoms with Crippen molar-refractivity contribution in [2.45, 2.75) is 25.5 Å². The molecule has 0 aliphatic heterocycles. The molecule has 1 aliphatic carbocycles. The molecule has 1 saturated carbocycles. The predicted octanol–water partition coefficient (Wildman–Crippen LogP) is 2.00. The van der Waals surface area contributed by atoms with Crippen LogP contribution in [0, 0.1) is 5.92 Å². The van der Waals surface area contributed by atoms with Crippen LogP contribution >= 0.6 is 11.3 Å². The maximum absolute atomic E-state index is 9.27. The fraction of sp³-hybridized carbons (Fsp3) is 0.538. The molecule has 2 aromatic rings. The maximum atomic E-state index is 9.27. The minimum absolute atomic E-state index is 0.0905. The molecule has 1 N–H and O–H groups in total. The largest absolute Gasteiger partial charge is 0.419 e. The van der Waals surface area contributed by atoms with Crippen LogP contribution in [0.4, 0.5) is 0 Å². The van der Waals surface area contributed by atoms with Gasteiger partial charge in [0.25, 0.3) is 5.89 Å². The van der Waals surface area contributed by atoms with Crippen molar-refractivity contribution in [1.29, 1.82) is 0 Å². The molecule has 3 rings (SSSR count). The Morgan fingerprint density at radius 3 is 3.00 bits per heavy atom. The van der Waals surface area contributed by atoms with Gasteiger partial charge in [-0.3, -0.25) is 4.90 Å². The molecule has 0 bridgehead atoms. The van der Waals surface area contributed by atoms with Gasteiger partial charge in [-0.25, -0.2) is 0 Å². The Bertz CT molecular complexity index is 520. The highest BCUT2D eigenvalue weighted by molar-refractivity contribution is 7.13. The van der Waals surface area contributed by atoms with Crippen LogP contribution in [0.25, 0.3) is 10.8 Å². The Morgan fingerprint density at radius 1 is 1.47 bits per heavy atom. The Kier molecular flexibility index (Phi) is 3.63. The summed E-state index contributed by atoms with van der Waals surface area (Å²) < 4.78 is 5.65. The summed E-state index contributed by atoms with van der Waals surface area (Å²) in [5.41, 5.74) is 0. The highest BCUT2D eigenvalue weighted by Crippen LogP contribution is 2.28. The number of thiophene rings is 1. The zero-order chi connectivity index (χ0) is 13.2. The van der Waals surface area contributed by atoms with Crippen LogP contribution in [-0.2, 0) is 6.54 Å². The van der Waals surface area contributed by atoms with Crippen molar-refractivity contribution in [3.63, 3.8) is 0 Å². The van der Waals surface area contributed by atoms with Crippen molar-refractivity contribution in [3.05, 3.63) is 23.4 Å². The average molecular weight is 279 g/mol. The van der Waals surface area contributed by atoms with E-state index in [1.807, 2.05) is 24.6 Å². The molecular formula is C13H17N3O2S. The average Bonchev–Trinajstić information content (AvgIpc) is 2.96. The lowest BCUT2D eigenvalue weighted by atomic mass is 9.82. The highest BCUT2D eigenvalue weighted by atomic mass is 32.1. The summed E-state index contributed by atoms with van der Waals surface area (Å²) in [6, 6.07) is 3.94. The van der Waals surface area contributed by atoms with Gasteiger partial charge < -0.3 is 9.52 Å². The van der Waals surface area contributed by atoms with E-state index in [9.17, 15) is 5.11 Å². The second-order valence-electron chi connectivity index (χ2n) is 5.17. The van der Waals surface area contributed by atoms with Crippen molar-refractivity contribution in [2.24, 2.45) is 5.92 Å². The lowest BCUT2D eigenvalue weighted by molar-refractivity contribution is 0.0264. The van der Waals surface area contributed by atoms with Crippen molar-refractivity contribution in [3.8, 4) is 10.8 Å². The van der Waals surface area contributed by atoms with Gasteiger partial charge in [0.05, 0.1) is 17.5 Å². The minimum atomic E-state index is -0.0905.